The number of aromatic hydroxyl groups is 2. The van der Waals surface area contributed by atoms with E-state index in [1.54, 1.807) is 24.3 Å². The predicted octanol–water partition coefficient (Wildman–Crippen LogP) is 3.93. The van der Waals surface area contributed by atoms with Crippen LogP contribution in [0, 0.1) is 0 Å². The summed E-state index contributed by atoms with van der Waals surface area (Å²) in [5.74, 6) is -0.349. The average Bonchev–Trinajstić information content (AvgIpc) is 2.45. The lowest BCUT2D eigenvalue weighted by atomic mass is 10.0. The molecular formula is C15H12Cl2O3. The summed E-state index contributed by atoms with van der Waals surface area (Å²) in [6, 6.07) is 12.3. The molecule has 0 saturated heterocycles. The Hall–Kier alpha value is -1.71. The van der Waals surface area contributed by atoms with Crippen LogP contribution in [0.3, 0.4) is 0 Å². The quantitative estimate of drug-likeness (QED) is 0.841. The summed E-state index contributed by atoms with van der Waals surface area (Å²) in [5.41, 5.74) is 0.949. The van der Waals surface area contributed by atoms with Crippen molar-refractivity contribution in [1.82, 2.24) is 0 Å². The molecule has 5 heteroatoms. The van der Waals surface area contributed by atoms with Gasteiger partial charge in [-0.1, -0.05) is 24.3 Å². The van der Waals surface area contributed by atoms with E-state index in [0.717, 1.165) is 0 Å². The first-order valence-electron chi connectivity index (χ1n) is 5.89. The standard InChI is InChI=1S/C15H12Cl2O3/c16-13(9-3-1-5-11(18)7-9)15(20)14(17)10-4-2-6-12(19)8-10/h1-8,13-14,18-19H. The zero-order valence-electron chi connectivity index (χ0n) is 10.3. The molecule has 2 unspecified atom stereocenters. The third kappa shape index (κ3) is 3.24. The molecule has 2 aromatic carbocycles. The second-order valence-electron chi connectivity index (χ2n) is 4.32. The number of hydrogen-bond acceptors (Lipinski definition) is 3. The average molecular weight is 311 g/mol. The van der Waals surface area contributed by atoms with Crippen LogP contribution in [0.15, 0.2) is 48.5 Å². The number of carbonyl (C=O) groups excluding carboxylic acids is 1. The Morgan fingerprint density at radius 2 is 1.25 bits per heavy atom. The van der Waals surface area contributed by atoms with Gasteiger partial charge in [0.1, 0.15) is 22.3 Å². The number of halogens is 2. The molecule has 0 fully saturated rings. The molecule has 0 amide bonds. The van der Waals surface area contributed by atoms with Gasteiger partial charge < -0.3 is 10.2 Å². The second-order valence-corrected chi connectivity index (χ2v) is 5.19. The minimum Gasteiger partial charge on any atom is -0.508 e. The van der Waals surface area contributed by atoms with Gasteiger partial charge in [0.05, 0.1) is 0 Å². The van der Waals surface area contributed by atoms with E-state index in [1.807, 2.05) is 0 Å². The summed E-state index contributed by atoms with van der Waals surface area (Å²) < 4.78 is 0. The maximum atomic E-state index is 12.2. The van der Waals surface area contributed by atoms with Gasteiger partial charge in [0, 0.05) is 0 Å². The zero-order valence-corrected chi connectivity index (χ0v) is 11.8. The van der Waals surface area contributed by atoms with Gasteiger partial charge in [0.2, 0.25) is 0 Å². The van der Waals surface area contributed by atoms with Crippen LogP contribution in [-0.2, 0) is 4.79 Å². The van der Waals surface area contributed by atoms with Crippen LogP contribution in [0.5, 0.6) is 11.5 Å². The Bertz CT molecular complexity index is 575. The second kappa shape index (κ2) is 6.16. The highest BCUT2D eigenvalue weighted by molar-refractivity contribution is 6.40. The Kier molecular flexibility index (Phi) is 4.53. The van der Waals surface area contributed by atoms with Crippen molar-refractivity contribution in [2.75, 3.05) is 0 Å². The SMILES string of the molecule is O=C(C(Cl)c1cccc(O)c1)C(Cl)c1cccc(O)c1. The van der Waals surface area contributed by atoms with E-state index in [9.17, 15) is 15.0 Å². The number of hydrogen-bond donors (Lipinski definition) is 2. The molecule has 2 atom stereocenters. The molecule has 3 nitrogen and oxygen atoms in total. The van der Waals surface area contributed by atoms with Crippen LogP contribution in [0.4, 0.5) is 0 Å². The van der Waals surface area contributed by atoms with Crippen molar-refractivity contribution in [2.24, 2.45) is 0 Å². The van der Waals surface area contributed by atoms with Crippen LogP contribution in [0.25, 0.3) is 0 Å². The number of phenolic OH excluding ortho intramolecular Hbond substituents is 2. The lowest BCUT2D eigenvalue weighted by molar-refractivity contribution is -0.118. The van der Waals surface area contributed by atoms with E-state index in [-0.39, 0.29) is 11.5 Å². The van der Waals surface area contributed by atoms with Crippen LogP contribution in [0.2, 0.25) is 0 Å². The minimum atomic E-state index is -0.966. The van der Waals surface area contributed by atoms with E-state index in [1.165, 1.54) is 24.3 Å². The molecule has 0 aromatic heterocycles. The molecule has 2 rings (SSSR count). The van der Waals surface area contributed by atoms with E-state index in [0.29, 0.717) is 11.1 Å². The number of alkyl halides is 2. The van der Waals surface area contributed by atoms with Crippen molar-refractivity contribution in [3.05, 3.63) is 59.7 Å². The normalized spacial score (nSPS) is 13.7. The van der Waals surface area contributed by atoms with Crippen molar-refractivity contribution in [1.29, 1.82) is 0 Å². The van der Waals surface area contributed by atoms with Gasteiger partial charge in [-0.25, -0.2) is 0 Å². The molecule has 0 heterocycles. The minimum absolute atomic E-state index is 0.0319. The fraction of sp³-hybridized carbons (Fsp3) is 0.133. The van der Waals surface area contributed by atoms with Crippen molar-refractivity contribution in [3.8, 4) is 11.5 Å². The third-order valence-corrected chi connectivity index (χ3v) is 3.76. The van der Waals surface area contributed by atoms with Crippen molar-refractivity contribution in [2.45, 2.75) is 10.8 Å². The van der Waals surface area contributed by atoms with Crippen LogP contribution in [0.1, 0.15) is 21.9 Å². The lowest BCUT2D eigenvalue weighted by Crippen LogP contribution is -2.13. The van der Waals surface area contributed by atoms with E-state index >= 15 is 0 Å². The third-order valence-electron chi connectivity index (χ3n) is 2.83. The molecule has 2 N–H and O–H groups in total. The van der Waals surface area contributed by atoms with Crippen molar-refractivity contribution in [3.63, 3.8) is 0 Å². The van der Waals surface area contributed by atoms with Gasteiger partial charge in [0.15, 0.2) is 5.78 Å². The molecule has 0 spiro atoms. The highest BCUT2D eigenvalue weighted by atomic mass is 35.5. The largest absolute Gasteiger partial charge is 0.508 e. The van der Waals surface area contributed by atoms with Crippen molar-refractivity contribution >= 4 is 29.0 Å². The molecule has 20 heavy (non-hydrogen) atoms. The molecule has 0 bridgehead atoms. The Labute approximate surface area is 126 Å². The van der Waals surface area contributed by atoms with Gasteiger partial charge in [-0.05, 0) is 35.4 Å². The number of rotatable bonds is 4. The van der Waals surface area contributed by atoms with Gasteiger partial charge in [0.25, 0.3) is 0 Å². The highest BCUT2D eigenvalue weighted by Crippen LogP contribution is 2.33. The summed E-state index contributed by atoms with van der Waals surface area (Å²) in [6.45, 7) is 0. The number of Topliss-reactive ketones (excluding diaryl/α,β-unsaturated/α-hetero) is 1. The maximum Gasteiger partial charge on any atom is 0.177 e. The molecule has 0 radical (unpaired) electrons. The number of carbonyl (C=O) groups is 1. The predicted molar refractivity (Wildman–Crippen MR) is 78.4 cm³/mol. The fourth-order valence-corrected chi connectivity index (χ4v) is 2.41. The lowest BCUT2D eigenvalue weighted by Gasteiger charge is -2.14. The summed E-state index contributed by atoms with van der Waals surface area (Å²) in [4.78, 5) is 12.2. The first kappa shape index (κ1) is 14.7. The maximum absolute atomic E-state index is 12.2. The van der Waals surface area contributed by atoms with Gasteiger partial charge >= 0.3 is 0 Å². The number of phenols is 2. The summed E-state index contributed by atoms with van der Waals surface area (Å²) in [6.07, 6.45) is 0. The Balaban J connectivity index is 2.22. The van der Waals surface area contributed by atoms with E-state index in [2.05, 4.69) is 0 Å². The van der Waals surface area contributed by atoms with Crippen LogP contribution in [-0.4, -0.2) is 16.0 Å². The molecule has 0 aliphatic rings. The highest BCUT2D eigenvalue weighted by Gasteiger charge is 2.26. The van der Waals surface area contributed by atoms with Gasteiger partial charge in [-0.15, -0.1) is 23.2 Å². The Morgan fingerprint density at radius 1 is 0.850 bits per heavy atom. The molecule has 0 aliphatic carbocycles. The zero-order chi connectivity index (χ0) is 14.7. The first-order valence-corrected chi connectivity index (χ1v) is 6.76. The Morgan fingerprint density at radius 3 is 1.60 bits per heavy atom. The van der Waals surface area contributed by atoms with Gasteiger partial charge in [-0.2, -0.15) is 0 Å². The monoisotopic (exact) mass is 310 g/mol. The van der Waals surface area contributed by atoms with E-state index < -0.39 is 16.5 Å². The van der Waals surface area contributed by atoms with Crippen LogP contribution >= 0.6 is 23.2 Å². The molecule has 2 aromatic rings. The van der Waals surface area contributed by atoms with E-state index in [4.69, 9.17) is 23.2 Å². The topological polar surface area (TPSA) is 57.5 Å². The summed E-state index contributed by atoms with van der Waals surface area (Å²) >= 11 is 12.2. The number of benzene rings is 2. The molecule has 0 aliphatic heterocycles. The summed E-state index contributed by atoms with van der Waals surface area (Å²) in [7, 11) is 0. The fourth-order valence-electron chi connectivity index (χ4n) is 1.82. The van der Waals surface area contributed by atoms with Crippen LogP contribution < -0.4 is 0 Å². The molecular weight excluding hydrogens is 299 g/mol. The molecule has 0 saturated carbocycles. The van der Waals surface area contributed by atoms with Crippen molar-refractivity contribution < 1.29 is 15.0 Å². The smallest absolute Gasteiger partial charge is 0.177 e. The molecule has 104 valence electrons. The first-order chi connectivity index (χ1) is 9.49. The van der Waals surface area contributed by atoms with Gasteiger partial charge in [-0.3, -0.25) is 4.79 Å². The number of ketones is 1. The summed E-state index contributed by atoms with van der Waals surface area (Å²) in [5, 5.41) is 16.9.